The Balaban J connectivity index is 0.00000289. The van der Waals surface area contributed by atoms with E-state index in [1.54, 1.807) is 13.3 Å². The molecule has 0 fully saturated rings. The van der Waals surface area contributed by atoms with Crippen LogP contribution in [0.15, 0.2) is 23.3 Å². The van der Waals surface area contributed by atoms with E-state index in [2.05, 4.69) is 15.3 Å². The molecule has 0 amide bonds. The topological polar surface area (TPSA) is 72.5 Å². The molecular weight excluding hydrogens is 343 g/mol. The average Bonchev–Trinajstić information content (AvgIpc) is 2.28. The molecule has 0 saturated carbocycles. The van der Waals surface area contributed by atoms with Crippen molar-refractivity contribution in [2.75, 3.05) is 13.7 Å². The van der Waals surface area contributed by atoms with Crippen molar-refractivity contribution in [1.29, 1.82) is 0 Å². The highest BCUT2D eigenvalue weighted by Crippen LogP contribution is 2.03. The number of nitrogens with one attached hydrogen (secondary N) is 1. The monoisotopic (exact) mass is 364 g/mol. The summed E-state index contributed by atoms with van der Waals surface area (Å²) < 4.78 is 5.00. The molecule has 1 rings (SSSR count). The first kappa shape index (κ1) is 17.1. The number of aryl methyl sites for hydroxylation is 1. The maximum atomic E-state index is 5.76. The number of pyridine rings is 1. The summed E-state index contributed by atoms with van der Waals surface area (Å²) in [5.41, 5.74) is 7.82. The maximum Gasteiger partial charge on any atom is 0.189 e. The predicted octanol–water partition coefficient (Wildman–Crippen LogP) is 1.45. The maximum absolute atomic E-state index is 5.76. The normalized spacial score (nSPS) is 12.7. The van der Waals surface area contributed by atoms with Gasteiger partial charge in [-0.1, -0.05) is 6.07 Å². The third-order valence-corrected chi connectivity index (χ3v) is 2.33. The average molecular weight is 364 g/mol. The molecule has 102 valence electrons. The van der Waals surface area contributed by atoms with Gasteiger partial charge in [0.15, 0.2) is 5.96 Å². The summed E-state index contributed by atoms with van der Waals surface area (Å²) >= 11 is 0. The number of aromatic nitrogens is 1. The van der Waals surface area contributed by atoms with Gasteiger partial charge < -0.3 is 15.8 Å². The minimum atomic E-state index is 0. The van der Waals surface area contributed by atoms with Crippen LogP contribution in [-0.4, -0.2) is 30.7 Å². The smallest absolute Gasteiger partial charge is 0.189 e. The van der Waals surface area contributed by atoms with E-state index in [1.165, 1.54) is 0 Å². The second-order valence-corrected chi connectivity index (χ2v) is 3.97. The summed E-state index contributed by atoms with van der Waals surface area (Å²) in [5.74, 6) is 0.416. The lowest BCUT2D eigenvalue weighted by molar-refractivity contribution is 0.179. The summed E-state index contributed by atoms with van der Waals surface area (Å²) in [7, 11) is 1.66. The van der Waals surface area contributed by atoms with E-state index >= 15 is 0 Å². The minimum Gasteiger partial charge on any atom is -0.383 e. The van der Waals surface area contributed by atoms with Gasteiger partial charge >= 0.3 is 0 Å². The number of nitrogens with zero attached hydrogens (tertiary/aromatic N) is 2. The van der Waals surface area contributed by atoms with E-state index in [0.29, 0.717) is 19.1 Å². The van der Waals surface area contributed by atoms with E-state index in [1.807, 2.05) is 26.0 Å². The van der Waals surface area contributed by atoms with Crippen LogP contribution < -0.4 is 11.1 Å². The van der Waals surface area contributed by atoms with Crippen molar-refractivity contribution < 1.29 is 4.74 Å². The molecule has 6 heteroatoms. The van der Waals surface area contributed by atoms with Gasteiger partial charge in [0.05, 0.1) is 18.8 Å². The number of ether oxygens (including phenoxy) is 1. The van der Waals surface area contributed by atoms with Crippen LogP contribution in [0.4, 0.5) is 0 Å². The highest BCUT2D eigenvalue weighted by Gasteiger charge is 2.02. The Hall–Kier alpha value is -0.890. The molecule has 1 aromatic heterocycles. The summed E-state index contributed by atoms with van der Waals surface area (Å²) in [4.78, 5) is 8.49. The van der Waals surface area contributed by atoms with Crippen molar-refractivity contribution in [3.05, 3.63) is 29.6 Å². The molecular formula is C12H21IN4O. The zero-order chi connectivity index (χ0) is 12.7. The molecule has 0 bridgehead atoms. The second-order valence-electron chi connectivity index (χ2n) is 3.97. The standard InChI is InChI=1S/C12H20N4O.HI/c1-9-5-4-6-14-11(9)7-15-12(13)16-10(2)8-17-3;/h4-6,10H,7-8H2,1-3H3,(H3,13,15,16);1H. The van der Waals surface area contributed by atoms with Gasteiger partial charge in [-0.25, -0.2) is 4.99 Å². The zero-order valence-electron chi connectivity index (χ0n) is 11.0. The molecule has 0 spiro atoms. The molecule has 3 N–H and O–H groups in total. The van der Waals surface area contributed by atoms with Crippen LogP contribution in [0.25, 0.3) is 0 Å². The molecule has 0 aromatic carbocycles. The van der Waals surface area contributed by atoms with Crippen molar-refractivity contribution >= 4 is 29.9 Å². The van der Waals surface area contributed by atoms with E-state index in [4.69, 9.17) is 10.5 Å². The van der Waals surface area contributed by atoms with Gasteiger partial charge in [0.1, 0.15) is 0 Å². The van der Waals surface area contributed by atoms with Gasteiger partial charge in [-0.15, -0.1) is 24.0 Å². The second kappa shape index (κ2) is 9.09. The summed E-state index contributed by atoms with van der Waals surface area (Å²) in [6, 6.07) is 4.06. The van der Waals surface area contributed by atoms with E-state index in [0.717, 1.165) is 11.3 Å². The first-order chi connectivity index (χ1) is 8.13. The van der Waals surface area contributed by atoms with Crippen molar-refractivity contribution in [2.24, 2.45) is 10.7 Å². The van der Waals surface area contributed by atoms with E-state index in [-0.39, 0.29) is 30.0 Å². The Kier molecular flexibility index (Phi) is 8.65. The largest absolute Gasteiger partial charge is 0.383 e. The van der Waals surface area contributed by atoms with Crippen molar-refractivity contribution in [2.45, 2.75) is 26.4 Å². The Morgan fingerprint density at radius 2 is 2.33 bits per heavy atom. The molecule has 5 nitrogen and oxygen atoms in total. The molecule has 1 heterocycles. The SMILES string of the molecule is COCC(C)NC(N)=NCc1ncccc1C.I. The first-order valence-corrected chi connectivity index (χ1v) is 5.59. The zero-order valence-corrected chi connectivity index (χ0v) is 13.3. The quantitative estimate of drug-likeness (QED) is 0.471. The molecule has 1 atom stereocenters. The Morgan fingerprint density at radius 1 is 1.61 bits per heavy atom. The summed E-state index contributed by atoms with van der Waals surface area (Å²) in [6.07, 6.45) is 1.76. The van der Waals surface area contributed by atoms with Gasteiger partial charge in [0.25, 0.3) is 0 Å². The van der Waals surface area contributed by atoms with E-state index in [9.17, 15) is 0 Å². The number of aliphatic imine (C=N–C) groups is 1. The molecule has 18 heavy (non-hydrogen) atoms. The van der Waals surface area contributed by atoms with Gasteiger partial charge in [-0.2, -0.15) is 0 Å². The fourth-order valence-electron chi connectivity index (χ4n) is 1.43. The molecule has 0 radical (unpaired) electrons. The van der Waals surface area contributed by atoms with Gasteiger partial charge in [-0.05, 0) is 25.5 Å². The number of hydrogen-bond acceptors (Lipinski definition) is 3. The highest BCUT2D eigenvalue weighted by atomic mass is 127. The Labute approximate surface area is 125 Å². The van der Waals surface area contributed by atoms with Crippen LogP contribution in [0, 0.1) is 6.92 Å². The van der Waals surface area contributed by atoms with E-state index < -0.39 is 0 Å². The van der Waals surface area contributed by atoms with Crippen LogP contribution in [0.1, 0.15) is 18.2 Å². The number of halogens is 1. The molecule has 0 saturated heterocycles. The molecule has 0 aliphatic rings. The lowest BCUT2D eigenvalue weighted by atomic mass is 10.2. The third kappa shape index (κ3) is 6.15. The molecule has 0 aliphatic heterocycles. The number of guanidine groups is 1. The number of methoxy groups -OCH3 is 1. The van der Waals surface area contributed by atoms with Crippen molar-refractivity contribution in [1.82, 2.24) is 10.3 Å². The van der Waals surface area contributed by atoms with Gasteiger partial charge in [0.2, 0.25) is 0 Å². The fourth-order valence-corrected chi connectivity index (χ4v) is 1.43. The Bertz CT molecular complexity index is 384. The number of nitrogens with two attached hydrogens (primary N) is 1. The Morgan fingerprint density at radius 3 is 2.94 bits per heavy atom. The number of rotatable bonds is 5. The van der Waals surface area contributed by atoms with Crippen LogP contribution in [0.2, 0.25) is 0 Å². The highest BCUT2D eigenvalue weighted by molar-refractivity contribution is 14.0. The number of hydrogen-bond donors (Lipinski definition) is 2. The van der Waals surface area contributed by atoms with Crippen LogP contribution in [0.3, 0.4) is 0 Å². The minimum absolute atomic E-state index is 0. The van der Waals surface area contributed by atoms with Crippen LogP contribution >= 0.6 is 24.0 Å². The molecule has 1 aromatic rings. The van der Waals surface area contributed by atoms with Crippen molar-refractivity contribution in [3.63, 3.8) is 0 Å². The first-order valence-electron chi connectivity index (χ1n) is 5.59. The predicted molar refractivity (Wildman–Crippen MR) is 84.2 cm³/mol. The van der Waals surface area contributed by atoms with Crippen LogP contribution in [-0.2, 0) is 11.3 Å². The van der Waals surface area contributed by atoms with Gasteiger partial charge in [0, 0.05) is 19.3 Å². The lowest BCUT2D eigenvalue weighted by Gasteiger charge is -2.13. The lowest BCUT2D eigenvalue weighted by Crippen LogP contribution is -2.40. The third-order valence-electron chi connectivity index (χ3n) is 2.33. The van der Waals surface area contributed by atoms with Gasteiger partial charge in [-0.3, -0.25) is 4.98 Å². The fraction of sp³-hybridized carbons (Fsp3) is 0.500. The van der Waals surface area contributed by atoms with Crippen molar-refractivity contribution in [3.8, 4) is 0 Å². The molecule has 0 aliphatic carbocycles. The summed E-state index contributed by atoms with van der Waals surface area (Å²) in [6.45, 7) is 5.08. The van der Waals surface area contributed by atoms with Crippen LogP contribution in [0.5, 0.6) is 0 Å². The molecule has 1 unspecified atom stereocenters. The summed E-state index contributed by atoms with van der Waals surface area (Å²) in [5, 5.41) is 3.05.